The fourth-order valence-corrected chi connectivity index (χ4v) is 4.34. The Morgan fingerprint density at radius 2 is 1.93 bits per heavy atom. The smallest absolute Gasteiger partial charge is 0.256 e. The summed E-state index contributed by atoms with van der Waals surface area (Å²) in [6.07, 6.45) is 7.73. The summed E-state index contributed by atoms with van der Waals surface area (Å²) in [7, 11) is 1.65. The molecule has 1 aromatic carbocycles. The molecular formula is C22H34N2O3. The van der Waals surface area contributed by atoms with Crippen LogP contribution in [-0.4, -0.2) is 49.8 Å². The highest BCUT2D eigenvalue weighted by atomic mass is 16.5. The molecule has 1 N–H and O–H groups in total. The first-order chi connectivity index (χ1) is 13.1. The Morgan fingerprint density at radius 3 is 2.59 bits per heavy atom. The van der Waals surface area contributed by atoms with E-state index in [1.54, 1.807) is 7.11 Å². The molecule has 0 aromatic heterocycles. The molecule has 27 heavy (non-hydrogen) atoms. The first-order valence-corrected chi connectivity index (χ1v) is 10.4. The van der Waals surface area contributed by atoms with Crippen molar-refractivity contribution in [2.45, 2.75) is 57.5 Å². The van der Waals surface area contributed by atoms with Crippen LogP contribution in [0.15, 0.2) is 24.3 Å². The largest absolute Gasteiger partial charge is 0.492 e. The first-order valence-electron chi connectivity index (χ1n) is 10.4. The maximum atomic E-state index is 12.8. The number of piperidine rings is 1. The van der Waals surface area contributed by atoms with Gasteiger partial charge in [-0.1, -0.05) is 19.8 Å². The lowest BCUT2D eigenvalue weighted by atomic mass is 9.78. The second kappa shape index (κ2) is 9.56. The quantitative estimate of drug-likeness (QED) is 0.781. The van der Waals surface area contributed by atoms with Crippen molar-refractivity contribution in [3.05, 3.63) is 24.3 Å². The fraction of sp³-hybridized carbons (Fsp3) is 0.682. The van der Waals surface area contributed by atoms with Gasteiger partial charge in [0.1, 0.15) is 18.0 Å². The normalized spacial score (nSPS) is 26.5. The number of hydrogen-bond acceptors (Lipinski definition) is 4. The van der Waals surface area contributed by atoms with E-state index in [1.807, 2.05) is 24.3 Å². The molecule has 2 aliphatic rings. The number of amides is 1. The Hall–Kier alpha value is -1.59. The zero-order valence-electron chi connectivity index (χ0n) is 16.8. The first kappa shape index (κ1) is 20.2. The Bertz CT molecular complexity index is 598. The van der Waals surface area contributed by atoms with Crippen LogP contribution in [0.1, 0.15) is 51.9 Å². The molecule has 5 nitrogen and oxygen atoms in total. The van der Waals surface area contributed by atoms with Gasteiger partial charge in [0.25, 0.3) is 5.91 Å². The molecule has 150 valence electrons. The topological polar surface area (TPSA) is 50.8 Å². The lowest BCUT2D eigenvalue weighted by Crippen LogP contribution is -2.47. The van der Waals surface area contributed by atoms with E-state index in [9.17, 15) is 4.79 Å². The number of methoxy groups -OCH3 is 1. The molecule has 5 heteroatoms. The van der Waals surface area contributed by atoms with Crippen molar-refractivity contribution in [1.29, 1.82) is 0 Å². The van der Waals surface area contributed by atoms with E-state index in [2.05, 4.69) is 17.1 Å². The lowest BCUT2D eigenvalue weighted by molar-refractivity contribution is -0.143. The van der Waals surface area contributed by atoms with Gasteiger partial charge in [-0.05, 0) is 75.4 Å². The van der Waals surface area contributed by atoms with E-state index in [-0.39, 0.29) is 5.91 Å². The summed E-state index contributed by atoms with van der Waals surface area (Å²) < 4.78 is 11.5. The summed E-state index contributed by atoms with van der Waals surface area (Å²) in [5, 5.41) is 3.03. The molecule has 1 aromatic rings. The van der Waals surface area contributed by atoms with Gasteiger partial charge in [0.05, 0.1) is 0 Å². The second-order valence-electron chi connectivity index (χ2n) is 8.13. The Balaban J connectivity index is 1.48. The molecule has 0 spiro atoms. The van der Waals surface area contributed by atoms with Crippen LogP contribution < -0.4 is 10.1 Å². The van der Waals surface area contributed by atoms with Crippen molar-refractivity contribution in [2.75, 3.05) is 38.7 Å². The van der Waals surface area contributed by atoms with Gasteiger partial charge in [-0.25, -0.2) is 0 Å². The average molecular weight is 375 g/mol. The van der Waals surface area contributed by atoms with E-state index in [0.29, 0.717) is 12.5 Å². The maximum absolute atomic E-state index is 12.8. The monoisotopic (exact) mass is 374 g/mol. The summed E-state index contributed by atoms with van der Waals surface area (Å²) in [6.45, 7) is 6.25. The molecule has 0 radical (unpaired) electrons. The number of nitrogens with zero attached hydrogens (tertiary/aromatic N) is 1. The molecule has 1 aliphatic carbocycles. The standard InChI is InChI=1S/C22H34N2O3/c1-18-7-6-12-22(17-18,26-2)21(25)23-19-8-10-20(11-9-19)27-16-15-24-13-4-3-5-14-24/h8-11,18H,3-7,12-17H2,1-2H3,(H,23,25)/t18-,22-/m0/s1. The van der Waals surface area contributed by atoms with Gasteiger partial charge in [-0.2, -0.15) is 0 Å². The molecule has 1 saturated carbocycles. The van der Waals surface area contributed by atoms with Crippen molar-refractivity contribution >= 4 is 11.6 Å². The second-order valence-corrected chi connectivity index (χ2v) is 8.13. The number of carbonyl (C=O) groups excluding carboxylic acids is 1. The van der Waals surface area contributed by atoms with Crippen LogP contribution in [-0.2, 0) is 9.53 Å². The molecule has 1 aliphatic heterocycles. The number of nitrogens with one attached hydrogen (secondary N) is 1. The third-order valence-electron chi connectivity index (χ3n) is 6.00. The zero-order valence-corrected chi connectivity index (χ0v) is 16.8. The van der Waals surface area contributed by atoms with Gasteiger partial charge in [0.15, 0.2) is 0 Å². The summed E-state index contributed by atoms with van der Waals surface area (Å²) in [4.78, 5) is 15.3. The zero-order chi connectivity index (χ0) is 19.1. The van der Waals surface area contributed by atoms with Gasteiger partial charge >= 0.3 is 0 Å². The van der Waals surface area contributed by atoms with Gasteiger partial charge in [0, 0.05) is 19.3 Å². The molecule has 2 fully saturated rings. The van der Waals surface area contributed by atoms with E-state index in [0.717, 1.165) is 37.2 Å². The highest BCUT2D eigenvalue weighted by Crippen LogP contribution is 2.35. The minimum atomic E-state index is -0.693. The van der Waals surface area contributed by atoms with E-state index in [4.69, 9.17) is 9.47 Å². The Kier molecular flexibility index (Phi) is 7.13. The number of rotatable bonds is 7. The van der Waals surface area contributed by atoms with Gasteiger partial charge in [-0.15, -0.1) is 0 Å². The summed E-state index contributed by atoms with van der Waals surface area (Å²) in [5.74, 6) is 1.33. The SMILES string of the molecule is CO[C@@]1(C(=O)Nc2ccc(OCCN3CCCCC3)cc2)CCC[C@H](C)C1. The molecule has 1 heterocycles. The van der Waals surface area contributed by atoms with Crippen LogP contribution in [0.4, 0.5) is 5.69 Å². The predicted octanol–water partition coefficient (Wildman–Crippen LogP) is 4.09. The Labute approximate surface area is 163 Å². The lowest BCUT2D eigenvalue weighted by Gasteiger charge is -2.37. The highest BCUT2D eigenvalue weighted by Gasteiger charge is 2.41. The molecule has 2 atom stereocenters. The van der Waals surface area contributed by atoms with Crippen LogP contribution in [0.2, 0.25) is 0 Å². The van der Waals surface area contributed by atoms with Crippen molar-refractivity contribution in [3.8, 4) is 5.75 Å². The number of hydrogen-bond donors (Lipinski definition) is 1. The Morgan fingerprint density at radius 1 is 1.19 bits per heavy atom. The average Bonchev–Trinajstić information content (AvgIpc) is 2.70. The van der Waals surface area contributed by atoms with Crippen molar-refractivity contribution in [2.24, 2.45) is 5.92 Å². The van der Waals surface area contributed by atoms with Crippen LogP contribution in [0.5, 0.6) is 5.75 Å². The summed E-state index contributed by atoms with van der Waals surface area (Å²) in [5.41, 5.74) is 0.0967. The molecule has 0 bridgehead atoms. The van der Waals surface area contributed by atoms with Gasteiger partial charge in [0.2, 0.25) is 0 Å². The van der Waals surface area contributed by atoms with E-state index in [1.165, 1.54) is 38.8 Å². The number of ether oxygens (including phenoxy) is 2. The van der Waals surface area contributed by atoms with E-state index >= 15 is 0 Å². The minimum Gasteiger partial charge on any atom is -0.492 e. The minimum absolute atomic E-state index is 0.0321. The third-order valence-corrected chi connectivity index (χ3v) is 6.00. The molecule has 1 amide bonds. The van der Waals surface area contributed by atoms with Crippen LogP contribution in [0.25, 0.3) is 0 Å². The van der Waals surface area contributed by atoms with Gasteiger partial charge < -0.3 is 14.8 Å². The fourth-order valence-electron chi connectivity index (χ4n) is 4.34. The predicted molar refractivity (Wildman–Crippen MR) is 108 cm³/mol. The number of benzene rings is 1. The van der Waals surface area contributed by atoms with Crippen LogP contribution in [0.3, 0.4) is 0 Å². The molecule has 1 saturated heterocycles. The number of carbonyl (C=O) groups is 1. The van der Waals surface area contributed by atoms with Crippen LogP contribution >= 0.6 is 0 Å². The summed E-state index contributed by atoms with van der Waals surface area (Å²) in [6, 6.07) is 7.66. The number of likely N-dealkylation sites (tertiary alicyclic amines) is 1. The van der Waals surface area contributed by atoms with E-state index < -0.39 is 5.60 Å². The van der Waals surface area contributed by atoms with Crippen molar-refractivity contribution < 1.29 is 14.3 Å². The van der Waals surface area contributed by atoms with Crippen LogP contribution in [0, 0.1) is 5.92 Å². The maximum Gasteiger partial charge on any atom is 0.256 e. The van der Waals surface area contributed by atoms with Crippen molar-refractivity contribution in [1.82, 2.24) is 4.90 Å². The highest BCUT2D eigenvalue weighted by molar-refractivity contribution is 5.97. The molecule has 0 unspecified atom stereocenters. The summed E-state index contributed by atoms with van der Waals surface area (Å²) >= 11 is 0. The van der Waals surface area contributed by atoms with Crippen molar-refractivity contribution in [3.63, 3.8) is 0 Å². The third kappa shape index (κ3) is 5.45. The number of anilines is 1. The molecule has 3 rings (SSSR count). The molecular weight excluding hydrogens is 340 g/mol. The van der Waals surface area contributed by atoms with Gasteiger partial charge in [-0.3, -0.25) is 9.69 Å².